The van der Waals surface area contributed by atoms with Crippen LogP contribution < -0.4 is 5.32 Å². The van der Waals surface area contributed by atoms with E-state index in [0.29, 0.717) is 37.5 Å². The van der Waals surface area contributed by atoms with Gasteiger partial charge in [0.05, 0.1) is 15.9 Å². The van der Waals surface area contributed by atoms with Crippen LogP contribution in [0.15, 0.2) is 23.1 Å². The Morgan fingerprint density at radius 2 is 1.84 bits per heavy atom. The smallest absolute Gasteiger partial charge is 0.243 e. The number of nitrogens with one attached hydrogen (secondary N) is 1. The van der Waals surface area contributed by atoms with Crippen LogP contribution in [0.25, 0.3) is 11.0 Å². The van der Waals surface area contributed by atoms with Gasteiger partial charge in [-0.3, -0.25) is 4.79 Å². The van der Waals surface area contributed by atoms with Crippen molar-refractivity contribution >= 4 is 27.0 Å². The highest BCUT2D eigenvalue weighted by Crippen LogP contribution is 2.25. The molecule has 1 aliphatic rings. The fourth-order valence-electron chi connectivity index (χ4n) is 4.51. The van der Waals surface area contributed by atoms with Crippen molar-refractivity contribution < 1.29 is 13.2 Å². The number of benzene rings is 1. The second kappa shape index (κ2) is 10.1. The topological polar surface area (TPSA) is 84.3 Å². The standard InChI is InChI=1S/C23H36N4O3S/c1-5-26(6-2)31(29,30)19-12-13-21-20(16-19)25-22(27(21)7-3)14-15-23(28)24-18-10-8-17(4)9-11-18/h12-13,16-18H,5-11,14-15H2,1-4H3,(H,24,28). The molecule has 0 spiro atoms. The third-order valence-corrected chi connectivity index (χ3v) is 8.46. The molecule has 31 heavy (non-hydrogen) atoms. The monoisotopic (exact) mass is 448 g/mol. The summed E-state index contributed by atoms with van der Waals surface area (Å²) in [6.45, 7) is 9.56. The number of sulfonamides is 1. The Hall–Kier alpha value is -1.93. The van der Waals surface area contributed by atoms with Crippen LogP contribution in [0.4, 0.5) is 0 Å². The van der Waals surface area contributed by atoms with Gasteiger partial charge in [-0.25, -0.2) is 13.4 Å². The molecule has 172 valence electrons. The first-order chi connectivity index (χ1) is 14.8. The van der Waals surface area contributed by atoms with Crippen molar-refractivity contribution in [3.8, 4) is 0 Å². The second-order valence-corrected chi connectivity index (χ2v) is 10.5. The summed E-state index contributed by atoms with van der Waals surface area (Å²) in [5.74, 6) is 1.65. The van der Waals surface area contributed by atoms with E-state index in [1.54, 1.807) is 12.1 Å². The average Bonchev–Trinajstić information content (AvgIpc) is 3.11. The van der Waals surface area contributed by atoms with Crippen molar-refractivity contribution in [2.24, 2.45) is 5.92 Å². The van der Waals surface area contributed by atoms with E-state index in [4.69, 9.17) is 4.98 Å². The highest BCUT2D eigenvalue weighted by molar-refractivity contribution is 7.89. The first-order valence-electron chi connectivity index (χ1n) is 11.6. The highest BCUT2D eigenvalue weighted by Gasteiger charge is 2.23. The molecule has 0 saturated heterocycles. The third-order valence-electron chi connectivity index (χ3n) is 6.41. The fourth-order valence-corrected chi connectivity index (χ4v) is 5.98. The zero-order chi connectivity index (χ0) is 22.6. The molecule has 0 unspecified atom stereocenters. The molecule has 1 N–H and O–H groups in total. The van der Waals surface area contributed by atoms with Gasteiger partial charge in [0.1, 0.15) is 5.82 Å². The third kappa shape index (κ3) is 5.29. The van der Waals surface area contributed by atoms with E-state index < -0.39 is 10.0 Å². The molecule has 3 rings (SSSR count). The zero-order valence-electron chi connectivity index (χ0n) is 19.2. The molecule has 1 amide bonds. The molecule has 1 aliphatic carbocycles. The number of aryl methyl sites for hydroxylation is 2. The van der Waals surface area contributed by atoms with E-state index in [0.717, 1.165) is 36.6 Å². The van der Waals surface area contributed by atoms with E-state index in [2.05, 4.69) is 16.8 Å². The van der Waals surface area contributed by atoms with Crippen LogP contribution in [0.2, 0.25) is 0 Å². The van der Waals surface area contributed by atoms with E-state index in [1.807, 2.05) is 26.8 Å². The summed E-state index contributed by atoms with van der Waals surface area (Å²) in [6.07, 6.45) is 5.40. The van der Waals surface area contributed by atoms with Gasteiger partial charge in [-0.1, -0.05) is 20.8 Å². The number of nitrogens with zero attached hydrogens (tertiary/aromatic N) is 3. The lowest BCUT2D eigenvalue weighted by Gasteiger charge is -2.26. The highest BCUT2D eigenvalue weighted by atomic mass is 32.2. The minimum absolute atomic E-state index is 0.0686. The Morgan fingerprint density at radius 1 is 1.16 bits per heavy atom. The lowest BCUT2D eigenvalue weighted by atomic mass is 9.87. The molecule has 7 nitrogen and oxygen atoms in total. The van der Waals surface area contributed by atoms with Gasteiger partial charge >= 0.3 is 0 Å². The van der Waals surface area contributed by atoms with Crippen LogP contribution >= 0.6 is 0 Å². The van der Waals surface area contributed by atoms with Gasteiger partial charge in [0.15, 0.2) is 0 Å². The summed E-state index contributed by atoms with van der Waals surface area (Å²) in [5.41, 5.74) is 1.56. The van der Waals surface area contributed by atoms with Crippen molar-refractivity contribution in [1.82, 2.24) is 19.2 Å². The number of imidazole rings is 1. The number of carbonyl (C=O) groups is 1. The van der Waals surface area contributed by atoms with E-state index in [1.165, 1.54) is 17.1 Å². The summed E-state index contributed by atoms with van der Waals surface area (Å²) < 4.78 is 29.2. The van der Waals surface area contributed by atoms with E-state index in [9.17, 15) is 13.2 Å². The summed E-state index contributed by atoms with van der Waals surface area (Å²) in [5, 5.41) is 3.17. The number of rotatable bonds is 9. The maximum atomic E-state index is 12.9. The maximum absolute atomic E-state index is 12.9. The van der Waals surface area contributed by atoms with Gasteiger partial charge in [-0.15, -0.1) is 0 Å². The lowest BCUT2D eigenvalue weighted by Crippen LogP contribution is -2.37. The average molecular weight is 449 g/mol. The fraction of sp³-hybridized carbons (Fsp3) is 0.652. The normalized spacial score (nSPS) is 19.8. The molecule has 0 radical (unpaired) electrons. The minimum atomic E-state index is -3.53. The van der Waals surface area contributed by atoms with Crippen LogP contribution in [-0.2, 0) is 27.8 Å². The van der Waals surface area contributed by atoms with Gasteiger partial charge in [-0.2, -0.15) is 4.31 Å². The van der Waals surface area contributed by atoms with Crippen molar-refractivity contribution in [2.75, 3.05) is 13.1 Å². The molecule has 0 atom stereocenters. The van der Waals surface area contributed by atoms with Crippen LogP contribution in [0, 0.1) is 5.92 Å². The molecule has 1 aromatic carbocycles. The number of fused-ring (bicyclic) bond motifs is 1. The van der Waals surface area contributed by atoms with Gasteiger partial charge in [-0.05, 0) is 56.7 Å². The van der Waals surface area contributed by atoms with Crippen LogP contribution in [0.1, 0.15) is 65.6 Å². The quantitative estimate of drug-likeness (QED) is 0.634. The molecule has 2 aromatic rings. The zero-order valence-corrected chi connectivity index (χ0v) is 20.0. The predicted molar refractivity (Wildman–Crippen MR) is 123 cm³/mol. The Labute approximate surface area is 186 Å². The van der Waals surface area contributed by atoms with Gasteiger partial charge in [0, 0.05) is 38.5 Å². The van der Waals surface area contributed by atoms with Crippen molar-refractivity contribution in [3.63, 3.8) is 0 Å². The summed E-state index contributed by atoms with van der Waals surface area (Å²) in [6, 6.07) is 5.43. The molecule has 1 heterocycles. The maximum Gasteiger partial charge on any atom is 0.243 e. The van der Waals surface area contributed by atoms with E-state index in [-0.39, 0.29) is 10.8 Å². The Kier molecular flexibility index (Phi) is 7.75. The number of aromatic nitrogens is 2. The molecule has 1 saturated carbocycles. The Bertz CT molecular complexity index is 1000. The lowest BCUT2D eigenvalue weighted by molar-refractivity contribution is -0.122. The van der Waals surface area contributed by atoms with Crippen molar-refractivity contribution in [1.29, 1.82) is 0 Å². The SMILES string of the molecule is CCN(CC)S(=O)(=O)c1ccc2c(c1)nc(CCC(=O)NC1CCC(C)CC1)n2CC. The van der Waals surface area contributed by atoms with Crippen LogP contribution in [0.5, 0.6) is 0 Å². The molecule has 0 aliphatic heterocycles. The molecule has 1 fully saturated rings. The van der Waals surface area contributed by atoms with Gasteiger partial charge in [0.2, 0.25) is 15.9 Å². The number of hydrogen-bond acceptors (Lipinski definition) is 4. The summed E-state index contributed by atoms with van der Waals surface area (Å²) >= 11 is 0. The van der Waals surface area contributed by atoms with Crippen LogP contribution in [0.3, 0.4) is 0 Å². The molecular formula is C23H36N4O3S. The predicted octanol–water partition coefficient (Wildman–Crippen LogP) is 3.71. The number of hydrogen-bond donors (Lipinski definition) is 1. The van der Waals surface area contributed by atoms with Crippen molar-refractivity contribution in [2.45, 2.75) is 83.7 Å². The molecule has 8 heteroatoms. The summed E-state index contributed by atoms with van der Waals surface area (Å²) in [7, 11) is -3.53. The number of carbonyl (C=O) groups excluding carboxylic acids is 1. The molecule has 1 aromatic heterocycles. The minimum Gasteiger partial charge on any atom is -0.353 e. The Balaban J connectivity index is 1.74. The largest absolute Gasteiger partial charge is 0.353 e. The number of amides is 1. The summed E-state index contributed by atoms with van der Waals surface area (Å²) in [4.78, 5) is 17.4. The second-order valence-electron chi connectivity index (χ2n) is 8.54. The van der Waals surface area contributed by atoms with Gasteiger partial charge < -0.3 is 9.88 Å². The first kappa shape index (κ1) is 23.7. The Morgan fingerprint density at radius 3 is 2.45 bits per heavy atom. The van der Waals surface area contributed by atoms with Crippen molar-refractivity contribution in [3.05, 3.63) is 24.0 Å². The van der Waals surface area contributed by atoms with E-state index >= 15 is 0 Å². The molecular weight excluding hydrogens is 412 g/mol. The van der Waals surface area contributed by atoms with Gasteiger partial charge in [0.25, 0.3) is 0 Å². The molecule has 0 bridgehead atoms. The van der Waals surface area contributed by atoms with Crippen LogP contribution in [-0.4, -0.2) is 47.3 Å². The first-order valence-corrected chi connectivity index (χ1v) is 13.0.